The fourth-order valence-electron chi connectivity index (χ4n) is 5.80. The number of rotatable bonds is 16. The van der Waals surface area contributed by atoms with Crippen LogP contribution in [0.15, 0.2) is 48.6 Å². The van der Waals surface area contributed by atoms with Crippen molar-refractivity contribution in [1.82, 2.24) is 0 Å². The number of primary amides is 1. The van der Waals surface area contributed by atoms with E-state index in [1.54, 1.807) is 38.2 Å². The molecule has 240 valence electrons. The summed E-state index contributed by atoms with van der Waals surface area (Å²) in [5.74, 6) is -2.52. The lowest BCUT2D eigenvalue weighted by atomic mass is 9.81. The molecule has 6 N–H and O–H groups in total. The van der Waals surface area contributed by atoms with E-state index in [2.05, 4.69) is 6.58 Å². The number of amides is 1. The summed E-state index contributed by atoms with van der Waals surface area (Å²) in [6.07, 6.45) is 6.04. The van der Waals surface area contributed by atoms with Gasteiger partial charge in [0, 0.05) is 36.0 Å². The summed E-state index contributed by atoms with van der Waals surface area (Å²) in [5.41, 5.74) is 6.30. The molecule has 0 bridgehead atoms. The first-order valence-corrected chi connectivity index (χ1v) is 15.0. The monoisotopic (exact) mass is 593 g/mol. The summed E-state index contributed by atoms with van der Waals surface area (Å²) >= 11 is 0. The topological polar surface area (TPSA) is 160 Å². The van der Waals surface area contributed by atoms with Crippen molar-refractivity contribution in [2.75, 3.05) is 0 Å². The maximum absolute atomic E-state index is 12.0. The summed E-state index contributed by atoms with van der Waals surface area (Å²) in [4.78, 5) is 23.5. The van der Waals surface area contributed by atoms with Gasteiger partial charge in [0.15, 0.2) is 0 Å². The number of carbonyl (C=O) groups is 2. The van der Waals surface area contributed by atoms with Gasteiger partial charge in [0.05, 0.1) is 30.3 Å². The van der Waals surface area contributed by atoms with Crippen LogP contribution in [-0.4, -0.2) is 69.1 Å². The van der Waals surface area contributed by atoms with E-state index in [4.69, 9.17) is 15.2 Å². The second-order valence-electron chi connectivity index (χ2n) is 12.4. The number of aliphatic hydroxyl groups is 4. The van der Waals surface area contributed by atoms with E-state index in [1.807, 2.05) is 53.7 Å². The fraction of sp³-hybridized carbons (Fsp3) is 0.697. The molecule has 1 heterocycles. The zero-order valence-corrected chi connectivity index (χ0v) is 26.6. The van der Waals surface area contributed by atoms with E-state index in [0.29, 0.717) is 6.42 Å². The van der Waals surface area contributed by atoms with Gasteiger partial charge < -0.3 is 35.6 Å². The van der Waals surface area contributed by atoms with Crippen LogP contribution in [0.2, 0.25) is 0 Å². The Balaban J connectivity index is 2.76. The summed E-state index contributed by atoms with van der Waals surface area (Å²) in [7, 11) is 0. The average Bonchev–Trinajstić information content (AvgIpc) is 2.93. The molecule has 0 saturated carbocycles. The molecule has 0 aromatic carbocycles. The molecular formula is C33H55NO8. The Morgan fingerprint density at radius 2 is 1.64 bits per heavy atom. The first-order chi connectivity index (χ1) is 19.5. The molecule has 1 amide bonds. The molecule has 1 saturated heterocycles. The van der Waals surface area contributed by atoms with Gasteiger partial charge in [0.2, 0.25) is 0 Å². The van der Waals surface area contributed by atoms with E-state index in [0.717, 1.165) is 5.57 Å². The maximum Gasteiger partial charge on any atom is 0.404 e. The number of esters is 1. The molecule has 1 rings (SSSR count). The van der Waals surface area contributed by atoms with E-state index in [9.17, 15) is 30.0 Å². The number of nitrogens with two attached hydrogens (primary N) is 1. The van der Waals surface area contributed by atoms with Crippen molar-refractivity contribution in [2.45, 2.75) is 105 Å². The third-order valence-corrected chi connectivity index (χ3v) is 8.62. The molecule has 9 nitrogen and oxygen atoms in total. The van der Waals surface area contributed by atoms with E-state index in [1.165, 1.54) is 0 Å². The average molecular weight is 594 g/mol. The van der Waals surface area contributed by atoms with Gasteiger partial charge in [-0.3, -0.25) is 4.79 Å². The minimum absolute atomic E-state index is 0.152. The van der Waals surface area contributed by atoms with E-state index >= 15 is 0 Å². The highest BCUT2D eigenvalue weighted by Gasteiger charge is 2.41. The first kappa shape index (κ1) is 37.6. The second-order valence-corrected chi connectivity index (χ2v) is 12.4. The minimum Gasteiger partial charge on any atom is -0.462 e. The lowest BCUT2D eigenvalue weighted by Gasteiger charge is -2.36. The van der Waals surface area contributed by atoms with Crippen molar-refractivity contribution in [2.24, 2.45) is 47.2 Å². The van der Waals surface area contributed by atoms with Crippen molar-refractivity contribution >= 4 is 12.1 Å². The molecule has 0 aromatic rings. The van der Waals surface area contributed by atoms with Gasteiger partial charge in [-0.05, 0) is 26.2 Å². The van der Waals surface area contributed by atoms with Gasteiger partial charge >= 0.3 is 12.1 Å². The highest BCUT2D eigenvalue weighted by atomic mass is 16.6. The molecule has 1 unspecified atom stereocenters. The van der Waals surface area contributed by atoms with Crippen LogP contribution >= 0.6 is 0 Å². The van der Waals surface area contributed by atoms with Gasteiger partial charge in [-0.1, -0.05) is 90.2 Å². The summed E-state index contributed by atoms with van der Waals surface area (Å²) < 4.78 is 10.8. The van der Waals surface area contributed by atoms with Crippen LogP contribution in [0, 0.1) is 41.4 Å². The number of cyclic esters (lactones) is 1. The summed E-state index contributed by atoms with van der Waals surface area (Å²) in [6, 6.07) is 0. The fourth-order valence-corrected chi connectivity index (χ4v) is 5.80. The Morgan fingerprint density at radius 1 is 1.02 bits per heavy atom. The SMILES string of the molecule is C=C/C=C\[C@H](C)[C@H](OC(N)=O)[C@@H](C)[C@H](O)[C@@H](C)C/C(C)=C\[C@H](C)[C@@H](O)[C@@H](C)/C=C\[C@@H](O)CC1OC(=O)[C@H](C)[C@@H](O)[C@H]1C. The van der Waals surface area contributed by atoms with Crippen molar-refractivity contribution < 1.29 is 39.5 Å². The summed E-state index contributed by atoms with van der Waals surface area (Å²) in [5, 5.41) is 42.8. The molecule has 0 radical (unpaired) electrons. The van der Waals surface area contributed by atoms with Crippen LogP contribution in [0.3, 0.4) is 0 Å². The molecule has 1 aliphatic heterocycles. The number of allylic oxidation sites excluding steroid dienone is 3. The first-order valence-electron chi connectivity index (χ1n) is 15.0. The van der Waals surface area contributed by atoms with Gasteiger partial charge in [-0.2, -0.15) is 0 Å². The number of carbonyl (C=O) groups excluding carboxylic acids is 2. The molecule has 9 heteroatoms. The number of ether oxygens (including phenoxy) is 2. The molecule has 0 spiro atoms. The number of hydrogen-bond donors (Lipinski definition) is 5. The highest BCUT2D eigenvalue weighted by Crippen LogP contribution is 2.30. The van der Waals surface area contributed by atoms with E-state index in [-0.39, 0.29) is 41.9 Å². The zero-order valence-electron chi connectivity index (χ0n) is 26.6. The Labute approximate surface area is 252 Å². The van der Waals surface area contributed by atoms with Crippen molar-refractivity contribution in [3.8, 4) is 0 Å². The van der Waals surface area contributed by atoms with Gasteiger partial charge in [0.25, 0.3) is 0 Å². The predicted octanol–water partition coefficient (Wildman–Crippen LogP) is 4.30. The van der Waals surface area contributed by atoms with Crippen LogP contribution in [0.5, 0.6) is 0 Å². The number of hydrogen-bond acceptors (Lipinski definition) is 8. The van der Waals surface area contributed by atoms with Gasteiger partial charge in [-0.15, -0.1) is 0 Å². The van der Waals surface area contributed by atoms with Crippen molar-refractivity contribution in [3.63, 3.8) is 0 Å². The van der Waals surface area contributed by atoms with Gasteiger partial charge in [0.1, 0.15) is 12.2 Å². The molecule has 1 aliphatic rings. The van der Waals surface area contributed by atoms with Gasteiger partial charge in [-0.25, -0.2) is 4.79 Å². The molecule has 0 aliphatic carbocycles. The molecule has 0 aromatic heterocycles. The van der Waals surface area contributed by atoms with Crippen LogP contribution in [0.1, 0.15) is 68.2 Å². The van der Waals surface area contributed by atoms with Crippen LogP contribution < -0.4 is 5.73 Å². The minimum atomic E-state index is -0.894. The van der Waals surface area contributed by atoms with Crippen LogP contribution in [0.25, 0.3) is 0 Å². The Kier molecular flexibility index (Phi) is 15.7. The third-order valence-electron chi connectivity index (χ3n) is 8.62. The highest BCUT2D eigenvalue weighted by molar-refractivity contribution is 5.73. The second kappa shape index (κ2) is 17.6. The van der Waals surface area contributed by atoms with Crippen molar-refractivity contribution in [1.29, 1.82) is 0 Å². The summed E-state index contributed by atoms with van der Waals surface area (Å²) in [6.45, 7) is 18.5. The predicted molar refractivity (Wildman–Crippen MR) is 164 cm³/mol. The lowest BCUT2D eigenvalue weighted by Crippen LogP contribution is -2.47. The molecule has 1 fully saturated rings. The zero-order chi connectivity index (χ0) is 32.3. The Hall–Kier alpha value is -2.46. The largest absolute Gasteiger partial charge is 0.462 e. The molecule has 42 heavy (non-hydrogen) atoms. The standard InChI is InChI=1S/C33H55NO8/c1-10-11-12-20(4)31(42-33(34)40)24(8)29(37)22(6)16-18(2)15-21(5)28(36)19(3)13-14-26(35)17-27-23(7)30(38)25(9)32(39)41-27/h10-15,19-31,35-38H,1,16-17H2,2-9H3,(H2,34,40)/b12-11-,14-13-,18-15-/t19-,20-,21-,22-,23-,24-,25+,26+,27?,28-,29+,30-,31-/m0/s1. The van der Waals surface area contributed by atoms with Crippen LogP contribution in [-0.2, 0) is 14.3 Å². The molecule has 13 atom stereocenters. The molecular weight excluding hydrogens is 538 g/mol. The quantitative estimate of drug-likeness (QED) is 0.101. The van der Waals surface area contributed by atoms with Crippen LogP contribution in [0.4, 0.5) is 4.79 Å². The number of aliphatic hydroxyl groups excluding tert-OH is 4. The maximum atomic E-state index is 12.0. The Morgan fingerprint density at radius 3 is 2.21 bits per heavy atom. The smallest absolute Gasteiger partial charge is 0.404 e. The third kappa shape index (κ3) is 11.3. The normalized spacial score (nSPS) is 28.3. The van der Waals surface area contributed by atoms with E-state index < -0.39 is 54.6 Å². The lowest BCUT2D eigenvalue weighted by molar-refractivity contribution is -0.179. The Bertz CT molecular complexity index is 962. The van der Waals surface area contributed by atoms with Crippen molar-refractivity contribution in [3.05, 3.63) is 48.6 Å².